The number of benzene rings is 2. The van der Waals surface area contributed by atoms with Crippen molar-refractivity contribution in [1.82, 2.24) is 39.2 Å². The number of rotatable bonds is 8. The lowest BCUT2D eigenvalue weighted by molar-refractivity contribution is 0.614. The number of nitrogens with one attached hydrogen (secondary N) is 1. The highest BCUT2D eigenvalue weighted by Gasteiger charge is 2.22. The highest BCUT2D eigenvalue weighted by Crippen LogP contribution is 2.37. The van der Waals surface area contributed by atoms with Gasteiger partial charge in [0.15, 0.2) is 11.3 Å². The molecule has 2 aromatic carbocycles. The summed E-state index contributed by atoms with van der Waals surface area (Å²) in [6, 6.07) is 20.3. The summed E-state index contributed by atoms with van der Waals surface area (Å²) in [5.41, 5.74) is 17.7. The van der Waals surface area contributed by atoms with Crippen molar-refractivity contribution in [3.8, 4) is 22.5 Å². The number of pyridine rings is 2. The molecule has 0 bridgehead atoms. The highest BCUT2D eigenvalue weighted by molar-refractivity contribution is 6.30. The van der Waals surface area contributed by atoms with Gasteiger partial charge in [0.05, 0.1) is 36.2 Å². The van der Waals surface area contributed by atoms with Gasteiger partial charge in [0.2, 0.25) is 0 Å². The molecule has 0 aliphatic heterocycles. The van der Waals surface area contributed by atoms with Gasteiger partial charge in [0.1, 0.15) is 34.2 Å². The molecule has 0 radical (unpaired) electrons. The van der Waals surface area contributed by atoms with Crippen LogP contribution in [0.15, 0.2) is 121 Å². The summed E-state index contributed by atoms with van der Waals surface area (Å²) in [5, 5.41) is 12.2. The zero-order chi connectivity index (χ0) is 42.6. The van der Waals surface area contributed by atoms with E-state index in [1.54, 1.807) is 53.4 Å². The fourth-order valence-electron chi connectivity index (χ4n) is 7.72. The summed E-state index contributed by atoms with van der Waals surface area (Å²) in [6.07, 6.45) is 11.7. The van der Waals surface area contributed by atoms with Gasteiger partial charge in [-0.15, -0.1) is 0 Å². The average molecular weight is 875 g/mol. The second kappa shape index (κ2) is 20.0. The number of hydrogen-bond donors (Lipinski definition) is 2. The van der Waals surface area contributed by atoms with Crippen molar-refractivity contribution in [1.29, 1.82) is 0 Å². The third-order valence-electron chi connectivity index (χ3n) is 10.6. The van der Waals surface area contributed by atoms with E-state index in [0.29, 0.717) is 58.5 Å². The van der Waals surface area contributed by atoms with Crippen molar-refractivity contribution in [2.75, 3.05) is 18.4 Å². The van der Waals surface area contributed by atoms with E-state index in [9.17, 15) is 17.6 Å². The van der Waals surface area contributed by atoms with Crippen LogP contribution in [0.1, 0.15) is 63.8 Å². The van der Waals surface area contributed by atoms with E-state index in [-0.39, 0.29) is 26.5 Å². The Morgan fingerprint density at radius 3 is 1.70 bits per heavy atom. The van der Waals surface area contributed by atoms with Crippen LogP contribution in [0, 0.1) is 23.3 Å². The predicted molar refractivity (Wildman–Crippen MR) is 243 cm³/mol. The number of halogens is 5. The van der Waals surface area contributed by atoms with Gasteiger partial charge in [0.25, 0.3) is 0 Å². The molecule has 2 aliphatic rings. The molecule has 6 heterocycles. The summed E-state index contributed by atoms with van der Waals surface area (Å²) >= 11 is 6.04. The van der Waals surface area contributed by atoms with E-state index in [2.05, 4.69) is 49.3 Å². The zero-order valence-electron chi connectivity index (χ0n) is 33.2. The molecule has 0 saturated carbocycles. The molecule has 0 saturated heterocycles. The van der Waals surface area contributed by atoms with Crippen molar-refractivity contribution in [3.05, 3.63) is 172 Å². The van der Waals surface area contributed by atoms with Crippen molar-refractivity contribution in [3.63, 3.8) is 0 Å². The van der Waals surface area contributed by atoms with Crippen LogP contribution in [0.25, 0.3) is 45.0 Å². The van der Waals surface area contributed by atoms with E-state index in [4.69, 9.17) is 17.3 Å². The minimum atomic E-state index is -0.410. The van der Waals surface area contributed by atoms with Crippen LogP contribution in [0.5, 0.6) is 0 Å². The maximum Gasteiger partial charge on any atom is 0.157 e. The summed E-state index contributed by atoms with van der Waals surface area (Å²) in [4.78, 5) is 16.6. The molecule has 0 fully saturated rings. The largest absolute Gasteiger partial charge is 0.370 e. The Balaban J connectivity index is 0.000000170. The molecule has 6 aromatic heterocycles. The second-order valence-corrected chi connectivity index (χ2v) is 15.0. The maximum absolute atomic E-state index is 14.1. The Morgan fingerprint density at radius 2 is 1.16 bits per heavy atom. The summed E-state index contributed by atoms with van der Waals surface area (Å²) < 4.78 is 57.4. The molecule has 10 rings (SSSR count). The standard InChI is InChI=1S/C23H19F2N5.C12H14FN.C11H6ClFN4.2CH4/c1-14-9-19-18(3-2-4-20(19)25)17(14)5-7-27-23-11-21(15-10-16(24)13-26-12-15)29-22-6-8-28-30(22)23;1-8-7-11-10(9(8)5-6-14)3-2-4-12(11)13;12-10-4-9(7-3-8(13)6-14-5-7)16-11-1-2-15-17(10)11;;/h2-4,6,8,10-13,27H,5,7,9H2,1H3;2-4H,5-7,14H2,1H3;1-6H;2*1H4. The number of fused-ring (bicyclic) bond motifs is 4. The van der Waals surface area contributed by atoms with Crippen molar-refractivity contribution in [2.24, 2.45) is 5.73 Å². The fraction of sp³-hybridized carbons (Fsp3) is 0.208. The predicted octanol–water partition coefficient (Wildman–Crippen LogP) is 11.3. The smallest absolute Gasteiger partial charge is 0.157 e. The summed E-state index contributed by atoms with van der Waals surface area (Å²) in [7, 11) is 0. The maximum atomic E-state index is 14.1. The molecular weight excluding hydrogens is 828 g/mol. The molecule has 0 spiro atoms. The van der Waals surface area contributed by atoms with Gasteiger partial charge in [-0.05, 0) is 104 Å². The van der Waals surface area contributed by atoms with Crippen LogP contribution in [0.4, 0.5) is 23.4 Å². The van der Waals surface area contributed by atoms with E-state index in [1.807, 2.05) is 18.2 Å². The minimum absolute atomic E-state index is 0. The van der Waals surface area contributed by atoms with Gasteiger partial charge < -0.3 is 11.1 Å². The number of nitrogens with two attached hydrogens (primary N) is 1. The average Bonchev–Trinajstić information content (AvgIpc) is 4.06. The first-order valence-electron chi connectivity index (χ1n) is 19.5. The molecule has 3 N–H and O–H groups in total. The first-order valence-corrected chi connectivity index (χ1v) is 19.9. The first kappa shape index (κ1) is 45.7. The minimum Gasteiger partial charge on any atom is -0.370 e. The van der Waals surface area contributed by atoms with Crippen LogP contribution in [-0.4, -0.2) is 52.3 Å². The van der Waals surface area contributed by atoms with Gasteiger partial charge in [-0.2, -0.15) is 14.7 Å². The van der Waals surface area contributed by atoms with Crippen molar-refractivity contribution >= 4 is 39.9 Å². The van der Waals surface area contributed by atoms with Gasteiger partial charge in [-0.3, -0.25) is 9.97 Å². The SMILES string of the molecule is C.C.CC1=C(CCN)c2cccc(F)c2C1.CC1=C(CCNc2cc(-c3cncc(F)c3)nc3ccnn23)c2cccc(F)c2C1.Fc1cncc(-c2cc(Cl)n3nccc3n2)c1. The molecule has 63 heavy (non-hydrogen) atoms. The molecule has 8 aromatic rings. The lowest BCUT2D eigenvalue weighted by Crippen LogP contribution is -2.08. The van der Waals surface area contributed by atoms with E-state index in [0.717, 1.165) is 53.5 Å². The number of aromatic nitrogens is 8. The quantitative estimate of drug-likeness (QED) is 0.114. The topological polar surface area (TPSA) is 124 Å². The molecule has 15 heteroatoms. The third kappa shape index (κ3) is 9.82. The normalized spacial score (nSPS) is 12.5. The summed E-state index contributed by atoms with van der Waals surface area (Å²) in [6.45, 7) is 5.39. The Bertz CT molecular complexity index is 2980. The fourth-order valence-corrected chi connectivity index (χ4v) is 7.95. The van der Waals surface area contributed by atoms with E-state index >= 15 is 0 Å². The lowest BCUT2D eigenvalue weighted by Gasteiger charge is -2.12. The first-order chi connectivity index (χ1) is 29.6. The third-order valence-corrected chi connectivity index (χ3v) is 10.8. The second-order valence-electron chi connectivity index (χ2n) is 14.6. The molecule has 0 amide bonds. The molecule has 10 nitrogen and oxygen atoms in total. The molecule has 0 atom stereocenters. The van der Waals surface area contributed by atoms with Gasteiger partial charge in [-0.25, -0.2) is 32.0 Å². The number of allylic oxidation sites excluding steroid dienone is 2. The lowest BCUT2D eigenvalue weighted by atomic mass is 10.0. The molecule has 0 unspecified atom stereocenters. The van der Waals surface area contributed by atoms with Crippen LogP contribution in [0.3, 0.4) is 0 Å². The Kier molecular flexibility index (Phi) is 14.5. The molecule has 324 valence electrons. The number of anilines is 1. The van der Waals surface area contributed by atoms with Crippen LogP contribution >= 0.6 is 11.6 Å². The summed E-state index contributed by atoms with van der Waals surface area (Å²) in [5.74, 6) is -0.301. The van der Waals surface area contributed by atoms with Crippen molar-refractivity contribution in [2.45, 2.75) is 54.4 Å². The van der Waals surface area contributed by atoms with Crippen LogP contribution in [-0.2, 0) is 12.8 Å². The molecule has 2 aliphatic carbocycles. The van der Waals surface area contributed by atoms with Crippen LogP contribution < -0.4 is 11.1 Å². The van der Waals surface area contributed by atoms with Gasteiger partial charge in [0, 0.05) is 54.3 Å². The van der Waals surface area contributed by atoms with Crippen molar-refractivity contribution < 1.29 is 17.6 Å². The van der Waals surface area contributed by atoms with Gasteiger partial charge in [-0.1, -0.05) is 61.9 Å². The van der Waals surface area contributed by atoms with E-state index < -0.39 is 11.6 Å². The van der Waals surface area contributed by atoms with Gasteiger partial charge >= 0.3 is 0 Å². The number of nitrogens with zero attached hydrogens (tertiary/aromatic N) is 8. The van der Waals surface area contributed by atoms with E-state index in [1.165, 1.54) is 63.5 Å². The molecular formula is C48H47ClF4N10. The Labute approximate surface area is 368 Å². The Hall–Kier alpha value is -6.77. The highest BCUT2D eigenvalue weighted by atomic mass is 35.5. The zero-order valence-corrected chi connectivity index (χ0v) is 33.9. The Morgan fingerprint density at radius 1 is 0.651 bits per heavy atom. The monoisotopic (exact) mass is 874 g/mol. The van der Waals surface area contributed by atoms with Crippen LogP contribution in [0.2, 0.25) is 5.15 Å². The number of hydrogen-bond acceptors (Lipinski definition) is 8.